The van der Waals surface area contributed by atoms with Crippen molar-refractivity contribution < 1.29 is 0 Å². The Balaban J connectivity index is 2.65. The van der Waals surface area contributed by atoms with Gasteiger partial charge in [0.25, 0.3) is 0 Å². The van der Waals surface area contributed by atoms with Crippen LogP contribution in [0.3, 0.4) is 0 Å². The molecule has 15 heavy (non-hydrogen) atoms. The van der Waals surface area contributed by atoms with E-state index in [-0.39, 0.29) is 0 Å². The molecule has 1 N–H and O–H groups in total. The number of benzene rings is 1. The lowest BCUT2D eigenvalue weighted by Crippen LogP contribution is -2.02. The summed E-state index contributed by atoms with van der Waals surface area (Å²) in [5.74, 6) is 2.57. The Labute approximate surface area is 105 Å². The second-order valence-corrected chi connectivity index (χ2v) is 4.23. The van der Waals surface area contributed by atoms with Gasteiger partial charge in [0.1, 0.15) is 0 Å². The van der Waals surface area contributed by atoms with Crippen LogP contribution in [-0.2, 0) is 0 Å². The minimum Gasteiger partial charge on any atom is -0.383 e. The van der Waals surface area contributed by atoms with E-state index in [1.54, 1.807) is 12.1 Å². The molecule has 0 spiro atoms. The normalized spacial score (nSPS) is 9.73. The van der Waals surface area contributed by atoms with Gasteiger partial charge in [0.05, 0.1) is 15.7 Å². The van der Waals surface area contributed by atoms with E-state index >= 15 is 0 Å². The van der Waals surface area contributed by atoms with Gasteiger partial charge in [0.2, 0.25) is 0 Å². The molecule has 0 aromatic heterocycles. The first-order chi connectivity index (χ1) is 7.15. The third kappa shape index (κ3) is 3.83. The molecule has 0 aliphatic rings. The Morgan fingerprint density at radius 2 is 1.80 bits per heavy atom. The largest absolute Gasteiger partial charge is 0.383 e. The van der Waals surface area contributed by atoms with Crippen LogP contribution in [0.5, 0.6) is 0 Å². The maximum atomic E-state index is 5.98. The fourth-order valence-electron chi connectivity index (χ4n) is 1.11. The van der Waals surface area contributed by atoms with Crippen LogP contribution in [0, 0.1) is 12.3 Å². The minimum atomic E-state index is 0.521. The van der Waals surface area contributed by atoms with E-state index in [4.69, 9.17) is 41.2 Å². The molecular weight excluding hydrogens is 252 g/mol. The molecule has 0 aliphatic carbocycles. The van der Waals surface area contributed by atoms with Gasteiger partial charge in [-0.05, 0) is 18.6 Å². The summed E-state index contributed by atoms with van der Waals surface area (Å²) in [6, 6.07) is 3.30. The fourth-order valence-corrected chi connectivity index (χ4v) is 2.07. The van der Waals surface area contributed by atoms with Gasteiger partial charge < -0.3 is 5.32 Å². The van der Waals surface area contributed by atoms with E-state index in [1.807, 2.05) is 0 Å². The van der Waals surface area contributed by atoms with E-state index < -0.39 is 0 Å². The Kier molecular flexibility index (Phi) is 5.11. The first-order valence-electron chi connectivity index (χ1n) is 4.47. The molecule has 0 atom stereocenters. The number of rotatable bonds is 4. The maximum absolute atomic E-state index is 5.98. The molecular formula is C11H10Cl3N. The second kappa shape index (κ2) is 6.12. The zero-order chi connectivity index (χ0) is 11.3. The van der Waals surface area contributed by atoms with Gasteiger partial charge in [-0.15, -0.1) is 12.3 Å². The summed E-state index contributed by atoms with van der Waals surface area (Å²) in [6.07, 6.45) is 6.75. The Hall–Kier alpha value is -0.550. The van der Waals surface area contributed by atoms with Gasteiger partial charge >= 0.3 is 0 Å². The molecule has 0 radical (unpaired) electrons. The molecule has 0 aliphatic heterocycles. The number of halogens is 3. The lowest BCUT2D eigenvalue weighted by molar-refractivity contribution is 0.907. The Morgan fingerprint density at radius 1 is 1.20 bits per heavy atom. The molecule has 0 unspecified atom stereocenters. The quantitative estimate of drug-likeness (QED) is 0.623. The highest BCUT2D eigenvalue weighted by Crippen LogP contribution is 2.33. The van der Waals surface area contributed by atoms with Crippen LogP contribution in [0.2, 0.25) is 15.1 Å². The summed E-state index contributed by atoms with van der Waals surface area (Å²) in [6.45, 7) is 0.741. The van der Waals surface area contributed by atoms with Crippen LogP contribution in [0.25, 0.3) is 0 Å². The van der Waals surface area contributed by atoms with Crippen molar-refractivity contribution in [2.45, 2.75) is 12.8 Å². The number of nitrogens with one attached hydrogen (secondary N) is 1. The molecule has 1 aromatic carbocycles. The van der Waals surface area contributed by atoms with Crippen molar-refractivity contribution in [3.05, 3.63) is 27.2 Å². The smallest absolute Gasteiger partial charge is 0.0720 e. The van der Waals surface area contributed by atoms with Gasteiger partial charge in [-0.3, -0.25) is 0 Å². The summed E-state index contributed by atoms with van der Waals surface area (Å²) in [5, 5.41) is 4.70. The van der Waals surface area contributed by atoms with Crippen molar-refractivity contribution in [2.24, 2.45) is 0 Å². The summed E-state index contributed by atoms with van der Waals surface area (Å²) in [4.78, 5) is 0. The number of anilines is 1. The number of hydrogen-bond acceptors (Lipinski definition) is 1. The van der Waals surface area contributed by atoms with Crippen molar-refractivity contribution in [1.82, 2.24) is 0 Å². The summed E-state index contributed by atoms with van der Waals surface area (Å²) >= 11 is 17.7. The van der Waals surface area contributed by atoms with Crippen LogP contribution >= 0.6 is 34.8 Å². The first kappa shape index (κ1) is 12.5. The van der Waals surface area contributed by atoms with Crippen molar-refractivity contribution in [1.29, 1.82) is 0 Å². The van der Waals surface area contributed by atoms with Crippen LogP contribution in [0.4, 0.5) is 5.69 Å². The van der Waals surface area contributed by atoms with E-state index in [2.05, 4.69) is 11.2 Å². The van der Waals surface area contributed by atoms with Gasteiger partial charge in [0.15, 0.2) is 0 Å². The highest BCUT2D eigenvalue weighted by molar-refractivity contribution is 6.41. The summed E-state index contributed by atoms with van der Waals surface area (Å²) in [7, 11) is 0. The molecule has 0 amide bonds. The van der Waals surface area contributed by atoms with Crippen LogP contribution in [0.15, 0.2) is 12.1 Å². The topological polar surface area (TPSA) is 12.0 Å². The summed E-state index contributed by atoms with van der Waals surface area (Å²) in [5.41, 5.74) is 0.708. The molecule has 0 bridgehead atoms. The number of terminal acetylenes is 1. The van der Waals surface area contributed by atoms with E-state index in [0.29, 0.717) is 20.8 Å². The van der Waals surface area contributed by atoms with Gasteiger partial charge in [0, 0.05) is 18.0 Å². The molecule has 1 nitrogen and oxygen atoms in total. The van der Waals surface area contributed by atoms with E-state index in [0.717, 1.165) is 19.4 Å². The average Bonchev–Trinajstić information content (AvgIpc) is 2.15. The van der Waals surface area contributed by atoms with Crippen LogP contribution < -0.4 is 5.32 Å². The minimum absolute atomic E-state index is 0.521. The Morgan fingerprint density at radius 3 is 2.33 bits per heavy atom. The predicted molar refractivity (Wildman–Crippen MR) is 68.0 cm³/mol. The maximum Gasteiger partial charge on any atom is 0.0720 e. The van der Waals surface area contributed by atoms with Crippen LogP contribution in [0.1, 0.15) is 12.8 Å². The number of unbranched alkanes of at least 4 members (excludes halogenated alkanes) is 1. The van der Waals surface area contributed by atoms with Crippen molar-refractivity contribution in [2.75, 3.05) is 11.9 Å². The van der Waals surface area contributed by atoms with Crippen LogP contribution in [-0.4, -0.2) is 6.54 Å². The van der Waals surface area contributed by atoms with E-state index in [9.17, 15) is 0 Å². The molecule has 4 heteroatoms. The molecule has 0 saturated heterocycles. The highest BCUT2D eigenvalue weighted by atomic mass is 35.5. The monoisotopic (exact) mass is 261 g/mol. The first-order valence-corrected chi connectivity index (χ1v) is 5.60. The third-order valence-electron chi connectivity index (χ3n) is 1.81. The van der Waals surface area contributed by atoms with Gasteiger partial charge in [-0.2, -0.15) is 0 Å². The van der Waals surface area contributed by atoms with Crippen molar-refractivity contribution in [3.8, 4) is 12.3 Å². The fraction of sp³-hybridized carbons (Fsp3) is 0.273. The highest BCUT2D eigenvalue weighted by Gasteiger charge is 2.06. The molecule has 0 fully saturated rings. The van der Waals surface area contributed by atoms with Gasteiger partial charge in [-0.25, -0.2) is 0 Å². The number of hydrogen-bond donors (Lipinski definition) is 1. The van der Waals surface area contributed by atoms with Gasteiger partial charge in [-0.1, -0.05) is 34.8 Å². The predicted octanol–water partition coefficient (Wildman–Crippen LogP) is 4.47. The standard InChI is InChI=1S/C11H10Cl3N/c1-2-3-4-5-15-11-9(13)6-8(12)7-10(11)14/h1,6-7,15H,3-5H2. The third-order valence-corrected chi connectivity index (χ3v) is 2.62. The SMILES string of the molecule is C#CCCCNc1c(Cl)cc(Cl)cc1Cl. The zero-order valence-corrected chi connectivity index (χ0v) is 10.3. The molecule has 1 aromatic rings. The molecule has 0 saturated carbocycles. The zero-order valence-electron chi connectivity index (χ0n) is 7.99. The summed E-state index contributed by atoms with van der Waals surface area (Å²) < 4.78 is 0. The van der Waals surface area contributed by atoms with E-state index in [1.165, 1.54) is 0 Å². The molecule has 80 valence electrons. The second-order valence-electron chi connectivity index (χ2n) is 2.98. The molecule has 1 rings (SSSR count). The average molecular weight is 263 g/mol. The molecule has 0 heterocycles. The van der Waals surface area contributed by atoms with Crippen molar-refractivity contribution in [3.63, 3.8) is 0 Å². The lowest BCUT2D eigenvalue weighted by Gasteiger charge is -2.09. The lowest BCUT2D eigenvalue weighted by atomic mass is 10.3. The Bertz CT molecular complexity index is 359. The van der Waals surface area contributed by atoms with Crippen molar-refractivity contribution >= 4 is 40.5 Å².